The molecule has 0 saturated heterocycles. The molecule has 20 heavy (non-hydrogen) atoms. The predicted molar refractivity (Wildman–Crippen MR) is 77.3 cm³/mol. The minimum Gasteiger partial charge on any atom is -0.464 e. The van der Waals surface area contributed by atoms with Crippen LogP contribution in [0.1, 0.15) is 41.0 Å². The summed E-state index contributed by atoms with van der Waals surface area (Å²) in [5, 5.41) is 0. The van der Waals surface area contributed by atoms with Crippen molar-refractivity contribution in [2.45, 2.75) is 41.0 Å². The lowest BCUT2D eigenvalue weighted by Crippen LogP contribution is -2.51. The van der Waals surface area contributed by atoms with Crippen molar-refractivity contribution in [2.75, 3.05) is 12.8 Å². The van der Waals surface area contributed by atoms with E-state index < -0.39 is 25.1 Å². The molecule has 1 rings (SSSR count). The van der Waals surface area contributed by atoms with Gasteiger partial charge in [0.05, 0.1) is 11.6 Å². The maximum atomic E-state index is 12.4. The summed E-state index contributed by atoms with van der Waals surface area (Å²) < 4.78 is 15.9. The third-order valence-electron chi connectivity index (χ3n) is 3.72. The van der Waals surface area contributed by atoms with Gasteiger partial charge in [0.15, 0.2) is 0 Å². The number of carbonyl (C=O) groups is 1. The molecular weight excluding hydrogens is 279 g/mol. The second-order valence-corrected chi connectivity index (χ2v) is 9.06. The molecule has 0 fully saturated rings. The molecule has 2 N–H and O–H groups in total. The van der Waals surface area contributed by atoms with E-state index in [0.717, 1.165) is 0 Å². The molecule has 0 aromatic rings. The van der Waals surface area contributed by atoms with Crippen LogP contribution in [0.3, 0.4) is 0 Å². The van der Waals surface area contributed by atoms with Crippen molar-refractivity contribution in [3.63, 3.8) is 0 Å². The van der Waals surface area contributed by atoms with E-state index in [9.17, 15) is 9.36 Å². The van der Waals surface area contributed by atoms with Gasteiger partial charge in [0, 0.05) is 5.41 Å². The van der Waals surface area contributed by atoms with Crippen molar-refractivity contribution in [3.8, 4) is 0 Å². The molecule has 1 aliphatic rings. The van der Waals surface area contributed by atoms with E-state index in [-0.39, 0.29) is 17.4 Å². The van der Waals surface area contributed by atoms with Gasteiger partial charge in [-0.2, -0.15) is 0 Å². The molecule has 6 heteroatoms. The summed E-state index contributed by atoms with van der Waals surface area (Å²) in [6, 6.07) is 0. The number of rotatable bonds is 5. The first-order chi connectivity index (χ1) is 8.79. The second-order valence-electron chi connectivity index (χ2n) is 7.29. The second kappa shape index (κ2) is 5.28. The molecule has 1 atom stereocenters. The minimum absolute atomic E-state index is 0.0513. The van der Waals surface area contributed by atoms with Gasteiger partial charge in [-0.1, -0.05) is 46.8 Å². The molecular formula is C14H25O5P. The lowest BCUT2D eigenvalue weighted by molar-refractivity contribution is -0.161. The molecule has 0 radical (unpaired) electrons. The molecule has 0 aromatic carbocycles. The Morgan fingerprint density at radius 3 is 2.10 bits per heavy atom. The number of carbonyl (C=O) groups excluding carboxylic acids is 1. The van der Waals surface area contributed by atoms with Gasteiger partial charge in [-0.05, 0) is 11.8 Å². The monoisotopic (exact) mass is 304 g/mol. The van der Waals surface area contributed by atoms with Crippen molar-refractivity contribution in [1.29, 1.82) is 0 Å². The third-order valence-corrected chi connectivity index (χ3v) is 4.49. The summed E-state index contributed by atoms with van der Waals surface area (Å²) in [6.07, 6.45) is 4.04. The van der Waals surface area contributed by atoms with Gasteiger partial charge in [0.25, 0.3) is 0 Å². The average Bonchev–Trinajstić information content (AvgIpc) is 2.21. The quantitative estimate of drug-likeness (QED) is 0.463. The first-order valence-corrected chi connectivity index (χ1v) is 8.51. The number of hydrogen-bond acceptors (Lipinski definition) is 3. The predicted octanol–water partition coefficient (Wildman–Crippen LogP) is 2.73. The van der Waals surface area contributed by atoms with Crippen LogP contribution in [0.25, 0.3) is 0 Å². The van der Waals surface area contributed by atoms with Gasteiger partial charge in [-0.3, -0.25) is 9.36 Å². The Labute approximate surface area is 120 Å². The van der Waals surface area contributed by atoms with Crippen molar-refractivity contribution < 1.29 is 23.9 Å². The molecule has 116 valence electrons. The van der Waals surface area contributed by atoms with Crippen LogP contribution in [0.2, 0.25) is 0 Å². The van der Waals surface area contributed by atoms with Crippen molar-refractivity contribution in [2.24, 2.45) is 16.2 Å². The lowest BCUT2D eigenvalue weighted by atomic mass is 9.53. The summed E-state index contributed by atoms with van der Waals surface area (Å²) >= 11 is 0. The number of ether oxygens (including phenoxy) is 1. The zero-order chi connectivity index (χ0) is 15.8. The van der Waals surface area contributed by atoms with Crippen LogP contribution < -0.4 is 0 Å². The normalized spacial score (nSPS) is 25.1. The maximum absolute atomic E-state index is 12.4. The molecule has 0 spiro atoms. The standard InChI is InChI=1S/C14H25O5P/c1-12(2,3)10-14(7-6-13(14,4)5)11(15)19-8-9-20(16,17)18/h6-7H,8-10H2,1-5H3,(H2,16,17,18). The Bertz CT molecular complexity index is 455. The number of esters is 1. The number of hydrogen-bond donors (Lipinski definition) is 2. The summed E-state index contributed by atoms with van der Waals surface area (Å²) in [7, 11) is -4.13. The SMILES string of the molecule is CC(C)(C)CC1(C(=O)OCCP(=O)(O)O)C=CC1(C)C. The van der Waals surface area contributed by atoms with Crippen molar-refractivity contribution in [3.05, 3.63) is 12.2 Å². The summed E-state index contributed by atoms with van der Waals surface area (Å²) in [5.74, 6) is -0.395. The zero-order valence-electron chi connectivity index (χ0n) is 12.8. The summed E-state index contributed by atoms with van der Waals surface area (Å²) in [6.45, 7) is 9.87. The van der Waals surface area contributed by atoms with E-state index in [0.29, 0.717) is 6.42 Å². The van der Waals surface area contributed by atoms with Crippen LogP contribution in [0.15, 0.2) is 12.2 Å². The molecule has 0 aromatic heterocycles. The first kappa shape index (κ1) is 17.4. The van der Waals surface area contributed by atoms with E-state index in [2.05, 4.69) is 20.8 Å². The summed E-state index contributed by atoms with van der Waals surface area (Å²) in [4.78, 5) is 30.0. The molecule has 0 heterocycles. The highest BCUT2D eigenvalue weighted by molar-refractivity contribution is 7.51. The van der Waals surface area contributed by atoms with Crippen LogP contribution in [0, 0.1) is 16.2 Å². The lowest BCUT2D eigenvalue weighted by Gasteiger charge is -2.50. The van der Waals surface area contributed by atoms with Crippen LogP contribution >= 0.6 is 7.60 Å². The topological polar surface area (TPSA) is 83.8 Å². The molecule has 5 nitrogen and oxygen atoms in total. The Hall–Kier alpha value is -0.640. The smallest absolute Gasteiger partial charge is 0.328 e. The van der Waals surface area contributed by atoms with Gasteiger partial charge < -0.3 is 14.5 Å². The average molecular weight is 304 g/mol. The van der Waals surface area contributed by atoms with E-state index in [4.69, 9.17) is 14.5 Å². The minimum atomic E-state index is -4.13. The largest absolute Gasteiger partial charge is 0.464 e. The molecule has 0 saturated carbocycles. The fraction of sp³-hybridized carbons (Fsp3) is 0.786. The highest BCUT2D eigenvalue weighted by Gasteiger charge is 2.56. The van der Waals surface area contributed by atoms with Gasteiger partial charge >= 0.3 is 13.6 Å². The Morgan fingerprint density at radius 1 is 1.25 bits per heavy atom. The van der Waals surface area contributed by atoms with E-state index in [1.165, 1.54) is 0 Å². The molecule has 1 unspecified atom stereocenters. The fourth-order valence-corrected chi connectivity index (χ4v) is 2.86. The van der Waals surface area contributed by atoms with Gasteiger partial charge in [0.2, 0.25) is 0 Å². The Balaban J connectivity index is 2.79. The Morgan fingerprint density at radius 2 is 1.80 bits per heavy atom. The van der Waals surface area contributed by atoms with E-state index in [1.54, 1.807) is 0 Å². The van der Waals surface area contributed by atoms with Crippen molar-refractivity contribution in [1.82, 2.24) is 0 Å². The van der Waals surface area contributed by atoms with Crippen LogP contribution in [-0.2, 0) is 14.1 Å². The van der Waals surface area contributed by atoms with Crippen LogP contribution in [0.5, 0.6) is 0 Å². The van der Waals surface area contributed by atoms with E-state index >= 15 is 0 Å². The van der Waals surface area contributed by atoms with E-state index in [1.807, 2.05) is 26.0 Å². The van der Waals surface area contributed by atoms with Crippen LogP contribution in [0.4, 0.5) is 0 Å². The van der Waals surface area contributed by atoms with Gasteiger partial charge in [0.1, 0.15) is 6.61 Å². The van der Waals surface area contributed by atoms with Gasteiger partial charge in [-0.15, -0.1) is 0 Å². The molecule has 0 amide bonds. The van der Waals surface area contributed by atoms with Crippen LogP contribution in [-0.4, -0.2) is 28.5 Å². The number of allylic oxidation sites excluding steroid dienone is 1. The zero-order valence-corrected chi connectivity index (χ0v) is 13.7. The fourth-order valence-electron chi connectivity index (χ4n) is 2.53. The maximum Gasteiger partial charge on any atom is 0.328 e. The summed E-state index contributed by atoms with van der Waals surface area (Å²) in [5.41, 5.74) is -1.07. The Kier molecular flexibility index (Phi) is 4.60. The molecule has 1 aliphatic carbocycles. The first-order valence-electron chi connectivity index (χ1n) is 6.71. The van der Waals surface area contributed by atoms with Gasteiger partial charge in [-0.25, -0.2) is 0 Å². The van der Waals surface area contributed by atoms with Crippen molar-refractivity contribution >= 4 is 13.6 Å². The highest BCUT2D eigenvalue weighted by Crippen LogP contribution is 2.56. The highest BCUT2D eigenvalue weighted by atomic mass is 31.2. The molecule has 0 aliphatic heterocycles. The third kappa shape index (κ3) is 3.94. The molecule has 0 bridgehead atoms.